The number of carbonyl (C=O) groups is 1. The van der Waals surface area contributed by atoms with Crippen molar-refractivity contribution in [2.45, 2.75) is 38.5 Å². The summed E-state index contributed by atoms with van der Waals surface area (Å²) in [5.74, 6) is 1.79. The first-order valence-corrected chi connectivity index (χ1v) is 7.20. The van der Waals surface area contributed by atoms with Crippen LogP contribution in [-0.4, -0.2) is 12.9 Å². The maximum absolute atomic E-state index is 12.2. The molecule has 3 rings (SSSR count). The van der Waals surface area contributed by atoms with Crippen molar-refractivity contribution in [1.82, 2.24) is 0 Å². The second kappa shape index (κ2) is 5.20. The number of methoxy groups -OCH3 is 1. The van der Waals surface area contributed by atoms with Crippen LogP contribution in [0.5, 0.6) is 5.75 Å². The van der Waals surface area contributed by atoms with Crippen molar-refractivity contribution in [3.8, 4) is 5.75 Å². The highest BCUT2D eigenvalue weighted by Crippen LogP contribution is 2.42. The summed E-state index contributed by atoms with van der Waals surface area (Å²) < 4.78 is 5.28. The molecule has 0 heterocycles. The predicted molar refractivity (Wildman–Crippen MR) is 76.1 cm³/mol. The zero-order valence-corrected chi connectivity index (χ0v) is 11.4. The molecule has 2 heteroatoms. The molecule has 0 aliphatic heterocycles. The van der Waals surface area contributed by atoms with E-state index >= 15 is 0 Å². The minimum absolute atomic E-state index is 0.315. The Balaban J connectivity index is 2.02. The van der Waals surface area contributed by atoms with Crippen LogP contribution in [0.3, 0.4) is 0 Å². The van der Waals surface area contributed by atoms with Crippen molar-refractivity contribution >= 4 is 11.4 Å². The van der Waals surface area contributed by atoms with Gasteiger partial charge in [0.15, 0.2) is 5.78 Å². The molecule has 0 radical (unpaired) electrons. The number of ether oxygens (including phenoxy) is 1. The van der Waals surface area contributed by atoms with Crippen molar-refractivity contribution in [3.63, 3.8) is 0 Å². The number of rotatable bonds is 3. The summed E-state index contributed by atoms with van der Waals surface area (Å²) in [6.45, 7) is 0. The predicted octanol–water partition coefficient (Wildman–Crippen LogP) is 4.00. The van der Waals surface area contributed by atoms with E-state index in [1.54, 1.807) is 7.11 Å². The Bertz CT molecular complexity index is 522. The monoisotopic (exact) mass is 256 g/mol. The molecule has 0 bridgehead atoms. The smallest absolute Gasteiger partial charge is 0.163 e. The van der Waals surface area contributed by atoms with Gasteiger partial charge < -0.3 is 4.74 Å². The van der Waals surface area contributed by atoms with Gasteiger partial charge in [-0.25, -0.2) is 0 Å². The second-order valence-corrected chi connectivity index (χ2v) is 5.54. The minimum atomic E-state index is 0.315. The fourth-order valence-corrected chi connectivity index (χ4v) is 3.48. The van der Waals surface area contributed by atoms with Crippen LogP contribution in [-0.2, 0) is 4.79 Å². The van der Waals surface area contributed by atoms with Crippen LogP contribution < -0.4 is 4.74 Å². The number of Topliss-reactive ketones (excluding diaryl/α,β-unsaturated/α-hetero) is 1. The van der Waals surface area contributed by atoms with Crippen LogP contribution >= 0.6 is 0 Å². The van der Waals surface area contributed by atoms with Crippen molar-refractivity contribution in [2.24, 2.45) is 5.92 Å². The largest absolute Gasteiger partial charge is 0.497 e. The van der Waals surface area contributed by atoms with E-state index in [1.807, 2.05) is 24.3 Å². The summed E-state index contributed by atoms with van der Waals surface area (Å²) >= 11 is 0. The number of hydrogen-bond donors (Lipinski definition) is 0. The van der Waals surface area contributed by atoms with Crippen molar-refractivity contribution in [2.75, 3.05) is 7.11 Å². The molecular formula is C17H20O2. The Hall–Kier alpha value is -1.57. The summed E-state index contributed by atoms with van der Waals surface area (Å²) in [6.07, 6.45) is 6.81. The molecule has 0 amide bonds. The maximum atomic E-state index is 12.2. The summed E-state index contributed by atoms with van der Waals surface area (Å²) in [6, 6.07) is 7.93. The molecule has 1 fully saturated rings. The highest BCUT2D eigenvalue weighted by atomic mass is 16.5. The van der Waals surface area contributed by atoms with Gasteiger partial charge in [0, 0.05) is 12.0 Å². The fourth-order valence-electron chi connectivity index (χ4n) is 3.48. The van der Waals surface area contributed by atoms with E-state index in [-0.39, 0.29) is 0 Å². The van der Waals surface area contributed by atoms with Gasteiger partial charge in [-0.3, -0.25) is 4.79 Å². The third-order valence-electron chi connectivity index (χ3n) is 4.43. The zero-order chi connectivity index (χ0) is 13.2. The molecule has 1 aromatic carbocycles. The summed E-state index contributed by atoms with van der Waals surface area (Å²) in [5, 5.41) is 0. The van der Waals surface area contributed by atoms with Crippen LogP contribution in [0.15, 0.2) is 29.8 Å². The van der Waals surface area contributed by atoms with Gasteiger partial charge in [0.2, 0.25) is 0 Å². The van der Waals surface area contributed by atoms with Crippen LogP contribution in [0.4, 0.5) is 0 Å². The number of ketones is 1. The third-order valence-corrected chi connectivity index (χ3v) is 4.43. The quantitative estimate of drug-likeness (QED) is 0.817. The Labute approximate surface area is 114 Å². The highest BCUT2D eigenvalue weighted by Gasteiger charge is 2.30. The Morgan fingerprint density at radius 2 is 1.95 bits per heavy atom. The van der Waals surface area contributed by atoms with E-state index in [0.717, 1.165) is 23.3 Å². The lowest BCUT2D eigenvalue weighted by molar-refractivity contribution is -0.113. The van der Waals surface area contributed by atoms with Crippen LogP contribution in [0.1, 0.15) is 44.1 Å². The van der Waals surface area contributed by atoms with Crippen LogP contribution in [0.25, 0.3) is 5.57 Å². The molecule has 0 atom stereocenters. The van der Waals surface area contributed by atoms with Gasteiger partial charge in [0.25, 0.3) is 0 Å². The molecule has 1 aromatic rings. The van der Waals surface area contributed by atoms with Crippen molar-refractivity contribution in [1.29, 1.82) is 0 Å². The number of hydrogen-bond acceptors (Lipinski definition) is 2. The molecule has 2 aliphatic carbocycles. The summed E-state index contributed by atoms with van der Waals surface area (Å²) in [5.41, 5.74) is 3.45. The van der Waals surface area contributed by atoms with E-state index in [9.17, 15) is 4.79 Å². The average molecular weight is 256 g/mol. The van der Waals surface area contributed by atoms with E-state index in [0.29, 0.717) is 18.1 Å². The molecule has 0 saturated heterocycles. The van der Waals surface area contributed by atoms with E-state index < -0.39 is 0 Å². The van der Waals surface area contributed by atoms with E-state index in [2.05, 4.69) is 0 Å². The molecule has 0 aromatic heterocycles. The van der Waals surface area contributed by atoms with E-state index in [4.69, 9.17) is 4.74 Å². The third kappa shape index (κ3) is 2.32. The fraction of sp³-hybridized carbons (Fsp3) is 0.471. The molecular weight excluding hydrogens is 236 g/mol. The second-order valence-electron chi connectivity index (χ2n) is 5.54. The minimum Gasteiger partial charge on any atom is -0.497 e. The van der Waals surface area contributed by atoms with Gasteiger partial charge in [0.05, 0.1) is 7.11 Å². The van der Waals surface area contributed by atoms with Gasteiger partial charge in [-0.05, 0) is 42.9 Å². The first-order chi connectivity index (χ1) is 9.29. The van der Waals surface area contributed by atoms with Crippen LogP contribution in [0.2, 0.25) is 0 Å². The Kier molecular flexibility index (Phi) is 3.41. The van der Waals surface area contributed by atoms with Crippen molar-refractivity contribution < 1.29 is 9.53 Å². The molecule has 2 aliphatic rings. The number of carbonyl (C=O) groups excluding carboxylic acids is 1. The average Bonchev–Trinajstić information content (AvgIpc) is 3.07. The van der Waals surface area contributed by atoms with Gasteiger partial charge in [-0.1, -0.05) is 30.5 Å². The zero-order valence-electron chi connectivity index (χ0n) is 11.4. The molecule has 0 spiro atoms. The first-order valence-electron chi connectivity index (χ1n) is 7.20. The lowest BCUT2D eigenvalue weighted by Gasteiger charge is -2.14. The van der Waals surface area contributed by atoms with Gasteiger partial charge in [-0.2, -0.15) is 0 Å². The van der Waals surface area contributed by atoms with Gasteiger partial charge in [0.1, 0.15) is 5.75 Å². The molecule has 0 unspecified atom stereocenters. The van der Waals surface area contributed by atoms with Crippen molar-refractivity contribution in [3.05, 3.63) is 35.4 Å². The lowest BCUT2D eigenvalue weighted by Crippen LogP contribution is -2.01. The van der Waals surface area contributed by atoms with Gasteiger partial charge in [-0.15, -0.1) is 0 Å². The molecule has 19 heavy (non-hydrogen) atoms. The number of allylic oxidation sites excluding steroid dienone is 2. The molecule has 1 saturated carbocycles. The maximum Gasteiger partial charge on any atom is 0.163 e. The normalized spacial score (nSPS) is 20.4. The SMILES string of the molecule is COc1cccc(C2=C(C3CCCC3)CCC2=O)c1. The Morgan fingerprint density at radius 1 is 1.16 bits per heavy atom. The van der Waals surface area contributed by atoms with Crippen LogP contribution in [0, 0.1) is 5.92 Å². The topological polar surface area (TPSA) is 26.3 Å². The van der Waals surface area contributed by atoms with Gasteiger partial charge >= 0.3 is 0 Å². The standard InChI is InChI=1S/C17H20O2/c1-19-14-8-4-7-13(11-14)17-15(9-10-16(17)18)12-5-2-3-6-12/h4,7-8,11-12H,2-3,5-6,9-10H2,1H3. The summed E-state index contributed by atoms with van der Waals surface area (Å²) in [4.78, 5) is 12.2. The summed E-state index contributed by atoms with van der Waals surface area (Å²) in [7, 11) is 1.67. The molecule has 0 N–H and O–H groups in total. The first kappa shape index (κ1) is 12.5. The number of benzene rings is 1. The van der Waals surface area contributed by atoms with E-state index in [1.165, 1.54) is 31.3 Å². The molecule has 100 valence electrons. The Morgan fingerprint density at radius 3 is 2.68 bits per heavy atom. The molecule has 2 nitrogen and oxygen atoms in total. The highest BCUT2D eigenvalue weighted by molar-refractivity contribution is 6.23. The lowest BCUT2D eigenvalue weighted by atomic mass is 9.91.